The number of ether oxygens (including phenoxy) is 1. The maximum absolute atomic E-state index is 13.8. The molecule has 0 spiro atoms. The Morgan fingerprint density at radius 1 is 1.32 bits per heavy atom. The topological polar surface area (TPSA) is 25.4 Å². The van der Waals surface area contributed by atoms with Gasteiger partial charge in [-0.2, -0.15) is 0 Å². The third-order valence-electron chi connectivity index (χ3n) is 4.21. The van der Waals surface area contributed by atoms with Crippen molar-refractivity contribution >= 4 is 16.6 Å². The maximum atomic E-state index is 13.8. The zero-order valence-electron chi connectivity index (χ0n) is 12.7. The summed E-state index contributed by atoms with van der Waals surface area (Å²) in [4.78, 5) is 6.04. The minimum Gasteiger partial charge on any atom is -0.378 e. The molecule has 0 saturated carbocycles. The second-order valence-electron chi connectivity index (χ2n) is 5.81. The van der Waals surface area contributed by atoms with E-state index in [4.69, 9.17) is 4.74 Å². The van der Waals surface area contributed by atoms with Gasteiger partial charge in [0.1, 0.15) is 11.3 Å². The molecule has 0 bridgehead atoms. The first-order chi connectivity index (χ1) is 10.6. The van der Waals surface area contributed by atoms with Gasteiger partial charge in [0.15, 0.2) is 5.82 Å². The van der Waals surface area contributed by atoms with Crippen LogP contribution in [0.2, 0.25) is 0 Å². The van der Waals surface area contributed by atoms with E-state index in [2.05, 4.69) is 4.98 Å². The Hall–Kier alpha value is -1.75. The van der Waals surface area contributed by atoms with Gasteiger partial charge in [0.05, 0.1) is 6.10 Å². The van der Waals surface area contributed by atoms with Crippen LogP contribution in [0.1, 0.15) is 25.7 Å². The third-order valence-corrected chi connectivity index (χ3v) is 4.21. The van der Waals surface area contributed by atoms with E-state index in [-0.39, 0.29) is 11.6 Å². The second-order valence-corrected chi connectivity index (χ2v) is 5.81. The molecular weight excluding hydrogens is 286 g/mol. The van der Waals surface area contributed by atoms with E-state index < -0.39 is 11.6 Å². The molecular formula is C17H20F2N2O. The molecule has 0 radical (unpaired) electrons. The second kappa shape index (κ2) is 6.57. The van der Waals surface area contributed by atoms with E-state index >= 15 is 0 Å². The molecule has 1 aromatic heterocycles. The highest BCUT2D eigenvalue weighted by molar-refractivity contribution is 5.91. The Bertz CT molecular complexity index is 656. The van der Waals surface area contributed by atoms with Crippen LogP contribution >= 0.6 is 0 Å². The summed E-state index contributed by atoms with van der Waals surface area (Å²) in [6.07, 6.45) is 6.21. The molecule has 0 N–H and O–H groups in total. The lowest BCUT2D eigenvalue weighted by molar-refractivity contribution is 0.0127. The number of rotatable bonds is 4. The lowest BCUT2D eigenvalue weighted by Gasteiger charge is -2.26. The molecule has 2 heterocycles. The number of nitrogens with zero attached hydrogens (tertiary/aromatic N) is 2. The average Bonchev–Trinajstić information content (AvgIpc) is 2.53. The summed E-state index contributed by atoms with van der Waals surface area (Å²) < 4.78 is 33.1. The monoisotopic (exact) mass is 306 g/mol. The Morgan fingerprint density at radius 2 is 2.18 bits per heavy atom. The minimum absolute atomic E-state index is 0.208. The molecule has 1 aromatic carbocycles. The molecule has 3 nitrogen and oxygen atoms in total. The zero-order valence-corrected chi connectivity index (χ0v) is 12.7. The predicted molar refractivity (Wildman–Crippen MR) is 83.1 cm³/mol. The van der Waals surface area contributed by atoms with Crippen molar-refractivity contribution < 1.29 is 13.5 Å². The van der Waals surface area contributed by atoms with E-state index in [1.54, 1.807) is 12.3 Å². The first-order valence-corrected chi connectivity index (χ1v) is 7.71. The molecule has 0 aliphatic carbocycles. The van der Waals surface area contributed by atoms with Crippen LogP contribution in [0, 0.1) is 11.6 Å². The largest absolute Gasteiger partial charge is 0.378 e. The van der Waals surface area contributed by atoms with E-state index in [1.165, 1.54) is 12.5 Å². The Kier molecular flexibility index (Phi) is 4.52. The number of fused-ring (bicyclic) bond motifs is 1. The fraction of sp³-hybridized carbons (Fsp3) is 0.471. The number of halogens is 2. The standard InChI is InChI=1S/C17H20F2N2O/c1-21(8-6-13-4-2-3-9-22-13)16-5-7-20-17-14(16)10-12(18)11-15(17)19/h5,7,10-11,13H,2-4,6,8-9H2,1H3. The van der Waals surface area contributed by atoms with Gasteiger partial charge in [-0.05, 0) is 37.8 Å². The summed E-state index contributed by atoms with van der Waals surface area (Å²) >= 11 is 0. The molecule has 3 rings (SSSR count). The van der Waals surface area contributed by atoms with Crippen LogP contribution in [0.4, 0.5) is 14.5 Å². The summed E-state index contributed by atoms with van der Waals surface area (Å²) in [5.41, 5.74) is 0.999. The van der Waals surface area contributed by atoms with E-state index in [9.17, 15) is 8.78 Å². The zero-order chi connectivity index (χ0) is 15.5. The molecule has 0 amide bonds. The van der Waals surface area contributed by atoms with Gasteiger partial charge in [0.25, 0.3) is 0 Å². The molecule has 1 aliphatic rings. The van der Waals surface area contributed by atoms with Crippen molar-refractivity contribution in [2.24, 2.45) is 0 Å². The number of hydrogen-bond donors (Lipinski definition) is 0. The summed E-state index contributed by atoms with van der Waals surface area (Å²) in [6.45, 7) is 1.62. The third kappa shape index (κ3) is 3.19. The van der Waals surface area contributed by atoms with Gasteiger partial charge in [0, 0.05) is 43.5 Å². The van der Waals surface area contributed by atoms with E-state index in [1.807, 2.05) is 11.9 Å². The number of aromatic nitrogens is 1. The van der Waals surface area contributed by atoms with Crippen molar-refractivity contribution in [1.29, 1.82) is 0 Å². The highest BCUT2D eigenvalue weighted by Crippen LogP contribution is 2.28. The van der Waals surface area contributed by atoms with Gasteiger partial charge in [0.2, 0.25) is 0 Å². The van der Waals surface area contributed by atoms with Crippen LogP contribution in [0.25, 0.3) is 10.9 Å². The minimum atomic E-state index is -0.624. The van der Waals surface area contributed by atoms with Crippen molar-refractivity contribution in [3.8, 4) is 0 Å². The van der Waals surface area contributed by atoms with Crippen LogP contribution in [-0.2, 0) is 4.74 Å². The Morgan fingerprint density at radius 3 is 2.95 bits per heavy atom. The van der Waals surface area contributed by atoms with E-state index in [0.717, 1.165) is 44.2 Å². The van der Waals surface area contributed by atoms with Crippen molar-refractivity contribution in [1.82, 2.24) is 4.98 Å². The van der Waals surface area contributed by atoms with Crippen molar-refractivity contribution in [2.75, 3.05) is 25.1 Å². The Balaban J connectivity index is 1.79. The molecule has 1 aliphatic heterocycles. The SMILES string of the molecule is CN(CCC1CCCCO1)c1ccnc2c(F)cc(F)cc12. The average molecular weight is 306 g/mol. The smallest absolute Gasteiger partial charge is 0.152 e. The Labute approximate surface area is 128 Å². The van der Waals surface area contributed by atoms with Crippen LogP contribution < -0.4 is 4.90 Å². The van der Waals surface area contributed by atoms with Gasteiger partial charge in [-0.15, -0.1) is 0 Å². The van der Waals surface area contributed by atoms with Crippen LogP contribution in [0.15, 0.2) is 24.4 Å². The van der Waals surface area contributed by atoms with Gasteiger partial charge >= 0.3 is 0 Å². The van der Waals surface area contributed by atoms with Crippen molar-refractivity contribution in [3.05, 3.63) is 36.0 Å². The van der Waals surface area contributed by atoms with Crippen LogP contribution in [-0.4, -0.2) is 31.3 Å². The number of anilines is 1. The van der Waals surface area contributed by atoms with E-state index in [0.29, 0.717) is 5.39 Å². The van der Waals surface area contributed by atoms with Crippen molar-refractivity contribution in [2.45, 2.75) is 31.8 Å². The molecule has 1 saturated heterocycles. The van der Waals surface area contributed by atoms with Crippen LogP contribution in [0.3, 0.4) is 0 Å². The summed E-state index contributed by atoms with van der Waals surface area (Å²) in [5.74, 6) is -1.20. The first-order valence-electron chi connectivity index (χ1n) is 7.71. The fourth-order valence-electron chi connectivity index (χ4n) is 2.99. The molecule has 5 heteroatoms. The highest BCUT2D eigenvalue weighted by Gasteiger charge is 2.16. The number of pyridine rings is 1. The summed E-state index contributed by atoms with van der Waals surface area (Å²) in [5, 5.41) is 0.507. The highest BCUT2D eigenvalue weighted by atomic mass is 19.1. The van der Waals surface area contributed by atoms with Gasteiger partial charge in [-0.3, -0.25) is 4.98 Å². The normalized spacial score (nSPS) is 18.6. The maximum Gasteiger partial charge on any atom is 0.152 e. The molecule has 118 valence electrons. The molecule has 22 heavy (non-hydrogen) atoms. The molecule has 1 atom stereocenters. The van der Waals surface area contributed by atoms with Crippen LogP contribution in [0.5, 0.6) is 0 Å². The van der Waals surface area contributed by atoms with Crippen molar-refractivity contribution in [3.63, 3.8) is 0 Å². The van der Waals surface area contributed by atoms with Gasteiger partial charge in [-0.25, -0.2) is 8.78 Å². The fourth-order valence-corrected chi connectivity index (χ4v) is 2.99. The molecule has 2 aromatic rings. The summed E-state index contributed by atoms with van der Waals surface area (Å²) in [6, 6.07) is 4.01. The lowest BCUT2D eigenvalue weighted by Crippen LogP contribution is -2.27. The molecule has 1 fully saturated rings. The number of hydrogen-bond acceptors (Lipinski definition) is 3. The number of benzene rings is 1. The lowest BCUT2D eigenvalue weighted by atomic mass is 10.1. The quantitative estimate of drug-likeness (QED) is 0.856. The summed E-state index contributed by atoms with van der Waals surface area (Å²) in [7, 11) is 1.93. The first kappa shape index (κ1) is 15.2. The van der Waals surface area contributed by atoms with Gasteiger partial charge < -0.3 is 9.64 Å². The predicted octanol–water partition coefficient (Wildman–Crippen LogP) is 3.91. The molecule has 1 unspecified atom stereocenters. The van der Waals surface area contributed by atoms with Gasteiger partial charge in [-0.1, -0.05) is 0 Å².